The second kappa shape index (κ2) is 5.91. The third kappa shape index (κ3) is 2.96. The summed E-state index contributed by atoms with van der Waals surface area (Å²) >= 11 is 1.44. The molecule has 1 amide bonds. The van der Waals surface area contributed by atoms with Crippen LogP contribution in [-0.2, 0) is 0 Å². The number of aromatic nitrogens is 2. The first kappa shape index (κ1) is 14.2. The Morgan fingerprint density at radius 1 is 1.24 bits per heavy atom. The Morgan fingerprint density at radius 3 is 2.67 bits per heavy atom. The molecule has 3 heterocycles. The molecule has 1 aliphatic heterocycles. The Labute approximate surface area is 128 Å². The topological polar surface area (TPSA) is 49.3 Å². The van der Waals surface area contributed by atoms with Crippen LogP contribution in [0.4, 0.5) is 0 Å². The summed E-state index contributed by atoms with van der Waals surface area (Å²) in [5.74, 6) is 0.0975. The summed E-state index contributed by atoms with van der Waals surface area (Å²) in [5.41, 5.74) is 1.62. The first-order valence-electron chi connectivity index (χ1n) is 7.02. The number of amides is 1. The number of carbonyl (C=O) groups is 1. The van der Waals surface area contributed by atoms with Crippen LogP contribution in [0.3, 0.4) is 0 Å². The Morgan fingerprint density at radius 2 is 2.00 bits per heavy atom. The molecule has 0 atom stereocenters. The molecular weight excluding hydrogens is 284 g/mol. The molecule has 0 aromatic carbocycles. The van der Waals surface area contributed by atoms with Gasteiger partial charge in [0.05, 0.1) is 11.4 Å². The van der Waals surface area contributed by atoms with Crippen molar-refractivity contribution in [2.24, 2.45) is 0 Å². The third-order valence-electron chi connectivity index (χ3n) is 3.67. The fourth-order valence-electron chi connectivity index (χ4n) is 2.35. The molecule has 0 unspecified atom stereocenters. The maximum atomic E-state index is 12.6. The average molecular weight is 302 g/mol. The molecule has 110 valence electrons. The molecule has 1 aliphatic rings. The third-order valence-corrected chi connectivity index (χ3v) is 4.83. The first-order chi connectivity index (χ1) is 10.1. The molecule has 0 aliphatic carbocycles. The maximum absolute atomic E-state index is 12.6. The van der Waals surface area contributed by atoms with Crippen LogP contribution >= 0.6 is 11.3 Å². The van der Waals surface area contributed by atoms with E-state index in [1.165, 1.54) is 11.3 Å². The van der Waals surface area contributed by atoms with Crippen molar-refractivity contribution < 1.29 is 4.79 Å². The molecule has 0 bridgehead atoms. The minimum atomic E-state index is 0.0975. The predicted molar refractivity (Wildman–Crippen MR) is 83.5 cm³/mol. The highest BCUT2D eigenvalue weighted by Gasteiger charge is 2.24. The van der Waals surface area contributed by atoms with Gasteiger partial charge in [-0.2, -0.15) is 0 Å². The van der Waals surface area contributed by atoms with Gasteiger partial charge in [0, 0.05) is 32.4 Å². The van der Waals surface area contributed by atoms with E-state index in [9.17, 15) is 4.79 Å². The fourth-order valence-corrected chi connectivity index (χ4v) is 3.36. The number of nitrogens with zero attached hydrogens (tertiary/aromatic N) is 4. The van der Waals surface area contributed by atoms with Gasteiger partial charge in [0.2, 0.25) is 0 Å². The summed E-state index contributed by atoms with van der Waals surface area (Å²) in [6.45, 7) is 5.32. The zero-order valence-corrected chi connectivity index (χ0v) is 13.1. The van der Waals surface area contributed by atoms with Gasteiger partial charge in [-0.25, -0.2) is 4.98 Å². The quantitative estimate of drug-likeness (QED) is 0.850. The standard InChI is InChI=1S/C15H18N4OS/c1-11-13(15(20)19-9-7-18(2)8-10-19)21-14(17-11)12-5-3-4-6-16-12/h3-6H,7-10H2,1-2H3. The van der Waals surface area contributed by atoms with Crippen LogP contribution in [0.1, 0.15) is 15.4 Å². The minimum Gasteiger partial charge on any atom is -0.335 e. The van der Waals surface area contributed by atoms with Crippen LogP contribution in [0.5, 0.6) is 0 Å². The van der Waals surface area contributed by atoms with Crippen molar-refractivity contribution in [3.63, 3.8) is 0 Å². The molecule has 1 fully saturated rings. The van der Waals surface area contributed by atoms with E-state index in [0.29, 0.717) is 0 Å². The highest BCUT2D eigenvalue weighted by atomic mass is 32.1. The van der Waals surface area contributed by atoms with E-state index in [1.807, 2.05) is 30.0 Å². The molecule has 5 nitrogen and oxygen atoms in total. The predicted octanol–water partition coefficient (Wildman–Crippen LogP) is 1.90. The molecule has 0 saturated carbocycles. The van der Waals surface area contributed by atoms with Gasteiger partial charge >= 0.3 is 0 Å². The number of pyridine rings is 1. The number of aryl methyl sites for hydroxylation is 1. The van der Waals surface area contributed by atoms with E-state index in [1.54, 1.807) is 6.20 Å². The monoisotopic (exact) mass is 302 g/mol. The highest BCUT2D eigenvalue weighted by molar-refractivity contribution is 7.17. The van der Waals surface area contributed by atoms with Crippen LogP contribution in [0.25, 0.3) is 10.7 Å². The lowest BCUT2D eigenvalue weighted by molar-refractivity contribution is 0.0668. The Kier molecular flexibility index (Phi) is 3.98. The lowest BCUT2D eigenvalue weighted by Gasteiger charge is -2.32. The van der Waals surface area contributed by atoms with Gasteiger partial charge in [0.15, 0.2) is 0 Å². The van der Waals surface area contributed by atoms with Crippen LogP contribution in [0, 0.1) is 6.92 Å². The largest absolute Gasteiger partial charge is 0.335 e. The van der Waals surface area contributed by atoms with Crippen molar-refractivity contribution in [2.75, 3.05) is 33.2 Å². The second-order valence-electron chi connectivity index (χ2n) is 5.24. The number of thiazole rings is 1. The SMILES string of the molecule is Cc1nc(-c2ccccn2)sc1C(=O)N1CCN(C)CC1. The van der Waals surface area contributed by atoms with Gasteiger partial charge in [-0.3, -0.25) is 9.78 Å². The van der Waals surface area contributed by atoms with E-state index in [4.69, 9.17) is 0 Å². The van der Waals surface area contributed by atoms with Crippen LogP contribution in [0.2, 0.25) is 0 Å². The molecule has 2 aromatic heterocycles. The molecular formula is C15H18N4OS. The minimum absolute atomic E-state index is 0.0975. The van der Waals surface area contributed by atoms with Crippen molar-refractivity contribution in [1.82, 2.24) is 19.8 Å². The lowest BCUT2D eigenvalue weighted by atomic mass is 10.3. The zero-order valence-electron chi connectivity index (χ0n) is 12.2. The van der Waals surface area contributed by atoms with Crippen molar-refractivity contribution in [1.29, 1.82) is 0 Å². The summed E-state index contributed by atoms with van der Waals surface area (Å²) in [7, 11) is 2.08. The lowest BCUT2D eigenvalue weighted by Crippen LogP contribution is -2.47. The highest BCUT2D eigenvalue weighted by Crippen LogP contribution is 2.27. The van der Waals surface area contributed by atoms with Crippen molar-refractivity contribution in [3.8, 4) is 10.7 Å². The van der Waals surface area contributed by atoms with Crippen LogP contribution in [0.15, 0.2) is 24.4 Å². The Hall–Kier alpha value is -1.79. The summed E-state index contributed by atoms with van der Waals surface area (Å²) in [6, 6.07) is 5.73. The van der Waals surface area contributed by atoms with E-state index >= 15 is 0 Å². The molecule has 0 radical (unpaired) electrons. The number of likely N-dealkylation sites (N-methyl/N-ethyl adjacent to an activating group) is 1. The molecule has 0 N–H and O–H groups in total. The van der Waals surface area contributed by atoms with Crippen molar-refractivity contribution in [3.05, 3.63) is 35.0 Å². The van der Waals surface area contributed by atoms with Gasteiger partial charge in [-0.15, -0.1) is 11.3 Å². The Bertz CT molecular complexity index is 632. The molecule has 2 aromatic rings. The van der Waals surface area contributed by atoms with E-state index in [-0.39, 0.29) is 5.91 Å². The van der Waals surface area contributed by atoms with Crippen LogP contribution in [-0.4, -0.2) is 58.9 Å². The smallest absolute Gasteiger partial charge is 0.265 e. The van der Waals surface area contributed by atoms with Gasteiger partial charge in [-0.05, 0) is 26.1 Å². The number of rotatable bonds is 2. The summed E-state index contributed by atoms with van der Waals surface area (Å²) in [6.07, 6.45) is 1.74. The number of piperazine rings is 1. The van der Waals surface area contributed by atoms with Crippen LogP contribution < -0.4 is 0 Å². The van der Waals surface area contributed by atoms with E-state index in [0.717, 1.165) is 47.5 Å². The molecule has 0 spiro atoms. The summed E-state index contributed by atoms with van der Waals surface area (Å²) < 4.78 is 0. The number of carbonyl (C=O) groups excluding carboxylic acids is 1. The van der Waals surface area contributed by atoms with Gasteiger partial charge in [0.25, 0.3) is 5.91 Å². The average Bonchev–Trinajstić information content (AvgIpc) is 2.90. The fraction of sp³-hybridized carbons (Fsp3) is 0.400. The molecule has 6 heteroatoms. The second-order valence-corrected chi connectivity index (χ2v) is 6.24. The number of hydrogen-bond acceptors (Lipinski definition) is 5. The van der Waals surface area contributed by atoms with Gasteiger partial charge in [0.1, 0.15) is 9.88 Å². The summed E-state index contributed by atoms with van der Waals surface area (Å²) in [5, 5.41) is 0.811. The summed E-state index contributed by atoms with van der Waals surface area (Å²) in [4.78, 5) is 26.3. The normalized spacial score (nSPS) is 16.2. The molecule has 1 saturated heterocycles. The molecule has 21 heavy (non-hydrogen) atoms. The van der Waals surface area contributed by atoms with E-state index < -0.39 is 0 Å². The van der Waals surface area contributed by atoms with Crippen molar-refractivity contribution >= 4 is 17.2 Å². The maximum Gasteiger partial charge on any atom is 0.265 e. The Balaban J connectivity index is 1.83. The number of hydrogen-bond donors (Lipinski definition) is 0. The zero-order chi connectivity index (χ0) is 14.8. The van der Waals surface area contributed by atoms with Crippen molar-refractivity contribution in [2.45, 2.75) is 6.92 Å². The van der Waals surface area contributed by atoms with E-state index in [2.05, 4.69) is 21.9 Å². The molecule has 3 rings (SSSR count). The first-order valence-corrected chi connectivity index (χ1v) is 7.83. The van der Waals surface area contributed by atoms with Gasteiger partial charge in [-0.1, -0.05) is 6.07 Å². The van der Waals surface area contributed by atoms with Gasteiger partial charge < -0.3 is 9.80 Å².